The number of nitrogens with one attached hydrogen (secondary N) is 2. The first-order chi connectivity index (χ1) is 8.56. The Kier molecular flexibility index (Phi) is 5.38. The molecule has 1 rings (SSSR count). The van der Waals surface area contributed by atoms with Crippen molar-refractivity contribution in [1.82, 2.24) is 4.90 Å². The van der Waals surface area contributed by atoms with E-state index in [4.69, 9.17) is 0 Å². The molecule has 0 aliphatic rings. The van der Waals surface area contributed by atoms with E-state index in [1.54, 1.807) is 13.1 Å². The van der Waals surface area contributed by atoms with Crippen LogP contribution in [0.15, 0.2) is 18.2 Å². The number of nitrogens with zero attached hydrogens (tertiary/aromatic N) is 2. The number of rotatable bonds is 7. The minimum absolute atomic E-state index is 0.0909. The Morgan fingerprint density at radius 1 is 1.33 bits per heavy atom. The molecule has 0 radical (unpaired) electrons. The molecule has 2 N–H and O–H groups in total. The van der Waals surface area contributed by atoms with E-state index in [0.717, 1.165) is 31.0 Å². The monoisotopic (exact) mass is 252 g/mol. The first-order valence-corrected chi connectivity index (χ1v) is 5.96. The average molecular weight is 252 g/mol. The van der Waals surface area contributed by atoms with E-state index in [9.17, 15) is 10.1 Å². The molecule has 0 heterocycles. The highest BCUT2D eigenvalue weighted by atomic mass is 16.6. The van der Waals surface area contributed by atoms with Gasteiger partial charge in [-0.15, -0.1) is 0 Å². The topological polar surface area (TPSA) is 70.4 Å². The van der Waals surface area contributed by atoms with Gasteiger partial charge in [0.25, 0.3) is 5.69 Å². The molecule has 0 saturated heterocycles. The molecule has 6 heteroatoms. The van der Waals surface area contributed by atoms with Crippen molar-refractivity contribution in [1.29, 1.82) is 0 Å². The molecule has 0 bridgehead atoms. The minimum atomic E-state index is -0.385. The first kappa shape index (κ1) is 14.2. The highest BCUT2D eigenvalue weighted by Crippen LogP contribution is 2.23. The van der Waals surface area contributed by atoms with Gasteiger partial charge >= 0.3 is 0 Å². The van der Waals surface area contributed by atoms with E-state index >= 15 is 0 Å². The van der Waals surface area contributed by atoms with Crippen LogP contribution in [-0.2, 0) is 0 Å². The predicted molar refractivity (Wildman–Crippen MR) is 74.3 cm³/mol. The Labute approximate surface area is 107 Å². The molecule has 0 amide bonds. The molecule has 0 fully saturated rings. The summed E-state index contributed by atoms with van der Waals surface area (Å²) in [6.07, 6.45) is 0. The fourth-order valence-electron chi connectivity index (χ4n) is 1.51. The largest absolute Gasteiger partial charge is 0.388 e. The molecular weight excluding hydrogens is 232 g/mol. The molecule has 18 heavy (non-hydrogen) atoms. The third-order valence-corrected chi connectivity index (χ3v) is 2.78. The zero-order valence-corrected chi connectivity index (χ0v) is 11.1. The zero-order valence-electron chi connectivity index (χ0n) is 11.1. The van der Waals surface area contributed by atoms with Crippen molar-refractivity contribution < 1.29 is 4.92 Å². The number of non-ortho nitro benzene ring substituents is 1. The summed E-state index contributed by atoms with van der Waals surface area (Å²) in [7, 11) is 3.78. The van der Waals surface area contributed by atoms with Crippen molar-refractivity contribution in [2.45, 2.75) is 6.92 Å². The number of likely N-dealkylation sites (N-methyl/N-ethyl adjacent to an activating group) is 1. The lowest BCUT2D eigenvalue weighted by atomic mass is 10.2. The van der Waals surface area contributed by atoms with Gasteiger partial charge in [0.2, 0.25) is 0 Å². The second-order valence-electron chi connectivity index (χ2n) is 4.10. The highest BCUT2D eigenvalue weighted by molar-refractivity contribution is 5.63. The van der Waals surface area contributed by atoms with Gasteiger partial charge in [0, 0.05) is 43.6 Å². The molecule has 0 saturated carbocycles. The van der Waals surface area contributed by atoms with Crippen LogP contribution < -0.4 is 10.6 Å². The van der Waals surface area contributed by atoms with Crippen molar-refractivity contribution in [3.8, 4) is 0 Å². The Morgan fingerprint density at radius 2 is 2.00 bits per heavy atom. The van der Waals surface area contributed by atoms with Crippen LogP contribution in [0.5, 0.6) is 0 Å². The van der Waals surface area contributed by atoms with Gasteiger partial charge in [0.05, 0.1) is 4.92 Å². The van der Waals surface area contributed by atoms with E-state index in [0.29, 0.717) is 0 Å². The van der Waals surface area contributed by atoms with Crippen molar-refractivity contribution in [2.24, 2.45) is 0 Å². The van der Waals surface area contributed by atoms with Crippen molar-refractivity contribution >= 4 is 17.1 Å². The number of nitro groups is 1. The number of nitro benzene ring substituents is 1. The summed E-state index contributed by atoms with van der Waals surface area (Å²) in [6, 6.07) is 4.93. The number of benzene rings is 1. The van der Waals surface area contributed by atoms with Crippen LogP contribution in [0.25, 0.3) is 0 Å². The van der Waals surface area contributed by atoms with Crippen molar-refractivity contribution in [3.63, 3.8) is 0 Å². The lowest BCUT2D eigenvalue weighted by Gasteiger charge is -2.15. The molecule has 0 atom stereocenters. The van der Waals surface area contributed by atoms with E-state index in [1.165, 1.54) is 6.07 Å². The highest BCUT2D eigenvalue weighted by Gasteiger charge is 2.08. The molecule has 1 aromatic carbocycles. The van der Waals surface area contributed by atoms with Crippen LogP contribution in [0.2, 0.25) is 0 Å². The van der Waals surface area contributed by atoms with Gasteiger partial charge in [0.15, 0.2) is 0 Å². The molecule has 0 aliphatic heterocycles. The normalized spacial score (nSPS) is 10.4. The molecule has 1 aromatic rings. The Balaban J connectivity index is 2.69. The van der Waals surface area contributed by atoms with E-state index in [1.807, 2.05) is 13.1 Å². The number of hydrogen-bond donors (Lipinski definition) is 2. The fourth-order valence-corrected chi connectivity index (χ4v) is 1.51. The van der Waals surface area contributed by atoms with Gasteiger partial charge in [-0.05, 0) is 19.7 Å². The van der Waals surface area contributed by atoms with Gasteiger partial charge in [-0.25, -0.2) is 0 Å². The Bertz CT molecular complexity index is 409. The second kappa shape index (κ2) is 6.80. The van der Waals surface area contributed by atoms with E-state index in [2.05, 4.69) is 22.5 Å². The maximum Gasteiger partial charge on any atom is 0.273 e. The lowest BCUT2D eigenvalue weighted by Crippen LogP contribution is -2.24. The molecular formula is C12H20N4O2. The van der Waals surface area contributed by atoms with Crippen molar-refractivity contribution in [2.75, 3.05) is 44.4 Å². The third kappa shape index (κ3) is 4.21. The summed E-state index contributed by atoms with van der Waals surface area (Å²) in [5.41, 5.74) is 1.58. The second-order valence-corrected chi connectivity index (χ2v) is 4.10. The van der Waals surface area contributed by atoms with Crippen LogP contribution in [0.3, 0.4) is 0 Å². The van der Waals surface area contributed by atoms with Gasteiger partial charge in [0.1, 0.15) is 0 Å². The Morgan fingerprint density at radius 3 is 2.56 bits per heavy atom. The maximum atomic E-state index is 10.8. The molecule has 0 aliphatic carbocycles. The van der Waals surface area contributed by atoms with Crippen molar-refractivity contribution in [3.05, 3.63) is 28.3 Å². The quantitative estimate of drug-likeness (QED) is 0.573. The van der Waals surface area contributed by atoms with Crippen LogP contribution in [0, 0.1) is 10.1 Å². The van der Waals surface area contributed by atoms with E-state index < -0.39 is 0 Å². The van der Waals surface area contributed by atoms with Gasteiger partial charge < -0.3 is 15.5 Å². The van der Waals surface area contributed by atoms with Gasteiger partial charge in [-0.2, -0.15) is 0 Å². The summed E-state index contributed by atoms with van der Waals surface area (Å²) < 4.78 is 0. The lowest BCUT2D eigenvalue weighted by molar-refractivity contribution is -0.384. The van der Waals surface area contributed by atoms with E-state index in [-0.39, 0.29) is 10.6 Å². The molecule has 6 nitrogen and oxygen atoms in total. The standard InChI is InChI=1S/C12H20N4O2/c1-4-15(3)6-5-14-11-7-10(13-2)8-12(9-11)16(17)18/h7-9,13-14H,4-6H2,1-3H3. The summed E-state index contributed by atoms with van der Waals surface area (Å²) >= 11 is 0. The molecule has 0 unspecified atom stereocenters. The van der Waals surface area contributed by atoms with Crippen LogP contribution >= 0.6 is 0 Å². The average Bonchev–Trinajstić information content (AvgIpc) is 2.37. The van der Waals surface area contributed by atoms with Crippen LogP contribution in [0.1, 0.15) is 6.92 Å². The SMILES string of the molecule is CCN(C)CCNc1cc(NC)cc([N+](=O)[O-])c1. The number of hydrogen-bond acceptors (Lipinski definition) is 5. The summed E-state index contributed by atoms with van der Waals surface area (Å²) in [5, 5.41) is 16.9. The Hall–Kier alpha value is -1.82. The molecule has 0 spiro atoms. The molecule has 100 valence electrons. The van der Waals surface area contributed by atoms with Crippen LogP contribution in [-0.4, -0.2) is 43.6 Å². The number of anilines is 2. The maximum absolute atomic E-state index is 10.8. The summed E-state index contributed by atoms with van der Waals surface area (Å²) in [4.78, 5) is 12.6. The summed E-state index contributed by atoms with van der Waals surface area (Å²) in [5.74, 6) is 0. The zero-order chi connectivity index (χ0) is 13.5. The van der Waals surface area contributed by atoms with Gasteiger partial charge in [-0.1, -0.05) is 6.92 Å². The smallest absolute Gasteiger partial charge is 0.273 e. The fraction of sp³-hybridized carbons (Fsp3) is 0.500. The predicted octanol–water partition coefficient (Wildman–Crippen LogP) is 2.00. The summed E-state index contributed by atoms with van der Waals surface area (Å²) in [6.45, 7) is 4.73. The van der Waals surface area contributed by atoms with Crippen LogP contribution in [0.4, 0.5) is 17.1 Å². The molecule has 0 aromatic heterocycles. The minimum Gasteiger partial charge on any atom is -0.388 e. The van der Waals surface area contributed by atoms with Gasteiger partial charge in [-0.3, -0.25) is 10.1 Å². The third-order valence-electron chi connectivity index (χ3n) is 2.78. The first-order valence-electron chi connectivity index (χ1n) is 5.96.